The molecule has 2 heterocycles. The zero-order chi connectivity index (χ0) is 18.0. The van der Waals surface area contributed by atoms with Gasteiger partial charge in [-0.25, -0.2) is 4.98 Å². The lowest BCUT2D eigenvalue weighted by Crippen LogP contribution is -2.19. The van der Waals surface area contributed by atoms with E-state index < -0.39 is 17.8 Å². The second kappa shape index (κ2) is 6.60. The summed E-state index contributed by atoms with van der Waals surface area (Å²) in [5, 5.41) is 2.47. The van der Waals surface area contributed by atoms with Gasteiger partial charge in [0.2, 0.25) is 5.95 Å². The average molecular weight is 342 g/mol. The third kappa shape index (κ3) is 3.14. The molecule has 0 atom stereocenters. The summed E-state index contributed by atoms with van der Waals surface area (Å²) in [6.07, 6.45) is 1.46. The van der Waals surface area contributed by atoms with Crippen LogP contribution in [0.4, 0.5) is 10.1 Å². The van der Waals surface area contributed by atoms with E-state index in [0.29, 0.717) is 18.0 Å². The van der Waals surface area contributed by atoms with Crippen molar-refractivity contribution < 1.29 is 18.7 Å². The van der Waals surface area contributed by atoms with Crippen molar-refractivity contribution >= 4 is 23.1 Å². The van der Waals surface area contributed by atoms with Crippen LogP contribution < -0.4 is 15.8 Å². The van der Waals surface area contributed by atoms with Crippen LogP contribution in [0.1, 0.15) is 27.8 Å². The van der Waals surface area contributed by atoms with Gasteiger partial charge in [0.25, 0.3) is 11.8 Å². The molecule has 128 valence electrons. The van der Waals surface area contributed by atoms with E-state index in [9.17, 15) is 14.0 Å². The quantitative estimate of drug-likeness (QED) is 0.743. The summed E-state index contributed by atoms with van der Waals surface area (Å²) in [6, 6.07) is 9.34. The molecule has 7 nitrogen and oxygen atoms in total. The number of carbonyl (C=O) groups excluding carboxylic acids is 2. The largest absolute Gasteiger partial charge is 0.494 e. The molecule has 8 heteroatoms. The van der Waals surface area contributed by atoms with Crippen LogP contribution in [0.5, 0.6) is 5.75 Å². The third-order valence-corrected chi connectivity index (χ3v) is 3.50. The highest BCUT2D eigenvalue weighted by molar-refractivity contribution is 6.08. The van der Waals surface area contributed by atoms with E-state index in [1.54, 1.807) is 31.2 Å². The number of nitrogens with zero attached hydrogens (tertiary/aromatic N) is 2. The molecule has 0 aliphatic rings. The molecule has 3 rings (SSSR count). The number of anilines is 1. The second-order valence-corrected chi connectivity index (χ2v) is 5.14. The smallest absolute Gasteiger partial charge is 0.279 e. The van der Waals surface area contributed by atoms with Crippen LogP contribution in [0, 0.1) is 5.95 Å². The molecule has 0 saturated carbocycles. The number of primary amides is 1. The first-order chi connectivity index (χ1) is 12.0. The Kier molecular flexibility index (Phi) is 4.34. The Labute approximate surface area is 142 Å². The zero-order valence-electron chi connectivity index (χ0n) is 13.3. The standard InChI is InChI=1S/C17H15FN4O3/c1-2-25-10-6-7-12(11(9-10)16(19)23)20-17(24)14-15(18)22-8-4-3-5-13(22)21-14/h3-9H,2H2,1H3,(H2,19,23)(H,20,24). The van der Waals surface area contributed by atoms with E-state index in [0.717, 1.165) is 4.40 Å². The highest BCUT2D eigenvalue weighted by Crippen LogP contribution is 2.23. The number of hydrogen-bond acceptors (Lipinski definition) is 4. The van der Waals surface area contributed by atoms with Crippen molar-refractivity contribution in [3.05, 3.63) is 59.8 Å². The number of halogens is 1. The number of fused-ring (bicyclic) bond motifs is 1. The number of nitrogens with one attached hydrogen (secondary N) is 1. The fourth-order valence-electron chi connectivity index (χ4n) is 2.38. The summed E-state index contributed by atoms with van der Waals surface area (Å²) in [7, 11) is 0. The third-order valence-electron chi connectivity index (χ3n) is 3.50. The number of amides is 2. The van der Waals surface area contributed by atoms with Crippen LogP contribution in [0.2, 0.25) is 0 Å². The maximum atomic E-state index is 14.3. The fraction of sp³-hybridized carbons (Fsp3) is 0.118. The van der Waals surface area contributed by atoms with Crippen molar-refractivity contribution in [1.29, 1.82) is 0 Å². The Hall–Kier alpha value is -3.42. The van der Waals surface area contributed by atoms with Gasteiger partial charge in [-0.1, -0.05) is 6.07 Å². The number of ether oxygens (including phenoxy) is 1. The summed E-state index contributed by atoms with van der Waals surface area (Å²) in [5.74, 6) is -1.88. The van der Waals surface area contributed by atoms with Crippen molar-refractivity contribution in [2.75, 3.05) is 11.9 Å². The molecule has 0 bridgehead atoms. The van der Waals surface area contributed by atoms with Crippen LogP contribution in [-0.2, 0) is 0 Å². The monoisotopic (exact) mass is 342 g/mol. The van der Waals surface area contributed by atoms with Gasteiger partial charge in [-0.3, -0.25) is 14.0 Å². The molecule has 0 aliphatic carbocycles. The topological polar surface area (TPSA) is 98.7 Å². The summed E-state index contributed by atoms with van der Waals surface area (Å²) in [6.45, 7) is 2.21. The maximum absolute atomic E-state index is 14.3. The lowest BCUT2D eigenvalue weighted by Gasteiger charge is -2.10. The normalized spacial score (nSPS) is 10.6. The predicted octanol–water partition coefficient (Wildman–Crippen LogP) is 2.22. The number of pyridine rings is 1. The van der Waals surface area contributed by atoms with Crippen molar-refractivity contribution in [2.24, 2.45) is 5.73 Å². The van der Waals surface area contributed by atoms with Gasteiger partial charge in [-0.15, -0.1) is 0 Å². The molecule has 2 aromatic heterocycles. The molecule has 1 aromatic carbocycles. The van der Waals surface area contributed by atoms with Gasteiger partial charge in [-0.2, -0.15) is 4.39 Å². The Morgan fingerprint density at radius 3 is 2.80 bits per heavy atom. The molecule has 2 amide bonds. The van der Waals surface area contributed by atoms with Gasteiger partial charge < -0.3 is 15.8 Å². The molecule has 0 radical (unpaired) electrons. The Bertz CT molecular complexity index is 968. The molecule has 0 fully saturated rings. The van der Waals surface area contributed by atoms with Gasteiger partial charge in [-0.05, 0) is 37.3 Å². The van der Waals surface area contributed by atoms with Crippen LogP contribution in [0.25, 0.3) is 5.65 Å². The highest BCUT2D eigenvalue weighted by Gasteiger charge is 2.21. The minimum Gasteiger partial charge on any atom is -0.494 e. The molecule has 0 saturated heterocycles. The Balaban J connectivity index is 1.94. The first-order valence-electron chi connectivity index (χ1n) is 7.52. The molecule has 3 aromatic rings. The van der Waals surface area contributed by atoms with Crippen LogP contribution in [0.15, 0.2) is 42.6 Å². The minimum absolute atomic E-state index is 0.0588. The van der Waals surface area contributed by atoms with Crippen LogP contribution >= 0.6 is 0 Å². The summed E-state index contributed by atoms with van der Waals surface area (Å²) in [4.78, 5) is 28.0. The predicted molar refractivity (Wildman–Crippen MR) is 89.2 cm³/mol. The molecule has 25 heavy (non-hydrogen) atoms. The maximum Gasteiger partial charge on any atom is 0.279 e. The van der Waals surface area contributed by atoms with Crippen molar-refractivity contribution in [3.8, 4) is 5.75 Å². The zero-order valence-corrected chi connectivity index (χ0v) is 13.3. The lowest BCUT2D eigenvalue weighted by atomic mass is 10.1. The van der Waals surface area contributed by atoms with E-state index in [1.807, 2.05) is 0 Å². The van der Waals surface area contributed by atoms with Gasteiger partial charge in [0, 0.05) is 6.20 Å². The van der Waals surface area contributed by atoms with E-state index in [4.69, 9.17) is 10.5 Å². The highest BCUT2D eigenvalue weighted by atomic mass is 19.1. The summed E-state index contributed by atoms with van der Waals surface area (Å²) >= 11 is 0. The van der Waals surface area contributed by atoms with Gasteiger partial charge in [0.1, 0.15) is 11.4 Å². The Morgan fingerprint density at radius 1 is 1.32 bits per heavy atom. The van der Waals surface area contributed by atoms with Gasteiger partial charge in [0.15, 0.2) is 5.69 Å². The molecule has 3 N–H and O–H groups in total. The number of rotatable bonds is 5. The fourth-order valence-corrected chi connectivity index (χ4v) is 2.38. The lowest BCUT2D eigenvalue weighted by molar-refractivity contribution is 0.100. The van der Waals surface area contributed by atoms with Gasteiger partial charge >= 0.3 is 0 Å². The molecular formula is C17H15FN4O3. The number of aromatic nitrogens is 2. The van der Waals surface area contributed by atoms with Crippen LogP contribution in [-0.4, -0.2) is 27.8 Å². The number of nitrogens with two attached hydrogens (primary N) is 1. The van der Waals surface area contributed by atoms with E-state index in [2.05, 4.69) is 10.3 Å². The number of carbonyl (C=O) groups is 2. The van der Waals surface area contributed by atoms with Crippen molar-refractivity contribution in [3.63, 3.8) is 0 Å². The molecule has 0 unspecified atom stereocenters. The summed E-state index contributed by atoms with van der Waals surface area (Å²) in [5.41, 5.74) is 5.47. The first-order valence-corrected chi connectivity index (χ1v) is 7.52. The van der Waals surface area contributed by atoms with Crippen molar-refractivity contribution in [2.45, 2.75) is 6.92 Å². The number of benzene rings is 1. The molecule has 0 aliphatic heterocycles. The molecule has 0 spiro atoms. The van der Waals surface area contributed by atoms with E-state index in [1.165, 1.54) is 18.3 Å². The number of hydrogen-bond donors (Lipinski definition) is 2. The average Bonchev–Trinajstić information content (AvgIpc) is 2.93. The van der Waals surface area contributed by atoms with Crippen molar-refractivity contribution in [1.82, 2.24) is 9.38 Å². The molecular weight excluding hydrogens is 327 g/mol. The minimum atomic E-state index is -0.792. The van der Waals surface area contributed by atoms with Gasteiger partial charge in [0.05, 0.1) is 17.9 Å². The van der Waals surface area contributed by atoms with E-state index >= 15 is 0 Å². The second-order valence-electron chi connectivity index (χ2n) is 5.14. The first kappa shape index (κ1) is 16.4. The van der Waals surface area contributed by atoms with Crippen LogP contribution in [0.3, 0.4) is 0 Å². The summed E-state index contributed by atoms with van der Waals surface area (Å²) < 4.78 is 20.8. The van der Waals surface area contributed by atoms with E-state index in [-0.39, 0.29) is 16.9 Å². The Morgan fingerprint density at radius 2 is 2.12 bits per heavy atom. The number of imidazole rings is 1. The SMILES string of the molecule is CCOc1ccc(NC(=O)c2nc3ccccn3c2F)c(C(N)=O)c1.